The second-order valence-corrected chi connectivity index (χ2v) is 10.2. The zero-order chi connectivity index (χ0) is 24.3. The lowest BCUT2D eigenvalue weighted by Gasteiger charge is -2.31. The summed E-state index contributed by atoms with van der Waals surface area (Å²) in [7, 11) is 0. The fourth-order valence-electron chi connectivity index (χ4n) is 5.53. The molecule has 1 atom stereocenters. The Kier molecular flexibility index (Phi) is 5.00. The summed E-state index contributed by atoms with van der Waals surface area (Å²) in [6, 6.07) is 8.89. The van der Waals surface area contributed by atoms with Crippen LogP contribution in [0.15, 0.2) is 35.7 Å². The maximum absolute atomic E-state index is 13.5. The average Bonchev–Trinajstić information content (AvgIpc) is 3.51. The summed E-state index contributed by atoms with van der Waals surface area (Å²) in [5.41, 5.74) is 2.77. The highest BCUT2D eigenvalue weighted by Gasteiger charge is 2.54. The van der Waals surface area contributed by atoms with Gasteiger partial charge in [-0.1, -0.05) is 0 Å². The van der Waals surface area contributed by atoms with Gasteiger partial charge in [-0.05, 0) is 62.8 Å². The van der Waals surface area contributed by atoms with Crippen LogP contribution < -0.4 is 14.8 Å². The number of carbonyl (C=O) groups is 3. The van der Waals surface area contributed by atoms with Crippen molar-refractivity contribution in [3.63, 3.8) is 0 Å². The molecule has 3 amide bonds. The van der Waals surface area contributed by atoms with Crippen molar-refractivity contribution in [2.45, 2.75) is 38.6 Å². The number of aryl methyl sites for hydroxylation is 2. The number of nitrogens with one attached hydrogen (secondary N) is 1. The fourth-order valence-corrected chi connectivity index (χ4v) is 6.53. The van der Waals surface area contributed by atoms with Gasteiger partial charge in [0, 0.05) is 39.1 Å². The van der Waals surface area contributed by atoms with Crippen LogP contribution in [0.4, 0.5) is 4.79 Å². The largest absolute Gasteiger partial charge is 0.486 e. The van der Waals surface area contributed by atoms with Crippen LogP contribution in [0.1, 0.15) is 45.0 Å². The van der Waals surface area contributed by atoms with Crippen molar-refractivity contribution in [1.82, 2.24) is 14.8 Å². The number of ether oxygens (including phenoxy) is 2. The quantitative estimate of drug-likeness (QED) is 0.442. The van der Waals surface area contributed by atoms with E-state index in [1.54, 1.807) is 17.4 Å². The maximum atomic E-state index is 13.5. The minimum Gasteiger partial charge on any atom is -0.486 e. The Labute approximate surface area is 206 Å². The molecule has 0 radical (unpaired) electrons. The molecule has 1 N–H and O–H groups in total. The molecule has 180 valence electrons. The molecule has 1 saturated heterocycles. The number of imide groups is 1. The molecule has 2 aromatic heterocycles. The Balaban J connectivity index is 1.28. The lowest BCUT2D eigenvalue weighted by molar-refractivity contribution is -0.131. The number of hydrogen-bond acceptors (Lipinski definition) is 6. The van der Waals surface area contributed by atoms with Gasteiger partial charge in [-0.25, -0.2) is 4.79 Å². The van der Waals surface area contributed by atoms with Crippen LogP contribution in [0.3, 0.4) is 0 Å². The van der Waals surface area contributed by atoms with Gasteiger partial charge in [0.05, 0.1) is 6.54 Å². The number of thiophene rings is 1. The minimum atomic E-state index is -1.05. The van der Waals surface area contributed by atoms with Crippen LogP contribution in [-0.4, -0.2) is 46.9 Å². The number of benzene rings is 1. The molecule has 1 aliphatic carbocycles. The number of amides is 3. The second-order valence-electron chi connectivity index (χ2n) is 9.21. The van der Waals surface area contributed by atoms with Gasteiger partial charge in [0.15, 0.2) is 17.3 Å². The molecule has 1 fully saturated rings. The van der Waals surface area contributed by atoms with Crippen LogP contribution in [0.5, 0.6) is 11.5 Å². The first-order chi connectivity index (χ1) is 16.9. The molecule has 6 rings (SSSR count). The van der Waals surface area contributed by atoms with E-state index in [-0.39, 0.29) is 18.2 Å². The van der Waals surface area contributed by atoms with Crippen molar-refractivity contribution in [2.75, 3.05) is 19.8 Å². The minimum absolute atomic E-state index is 0.274. The van der Waals surface area contributed by atoms with E-state index in [4.69, 9.17) is 9.47 Å². The van der Waals surface area contributed by atoms with Crippen LogP contribution in [0, 0.1) is 13.8 Å². The van der Waals surface area contributed by atoms with Crippen LogP contribution in [0.25, 0.3) is 5.69 Å². The maximum Gasteiger partial charge on any atom is 0.325 e. The third kappa shape index (κ3) is 3.29. The summed E-state index contributed by atoms with van der Waals surface area (Å²) in [6.07, 6.45) is 2.27. The highest BCUT2D eigenvalue weighted by molar-refractivity contribution is 7.10. The molecule has 1 aromatic carbocycles. The zero-order valence-electron chi connectivity index (χ0n) is 19.6. The van der Waals surface area contributed by atoms with Crippen molar-refractivity contribution in [3.8, 4) is 17.2 Å². The smallest absolute Gasteiger partial charge is 0.325 e. The standard InChI is InChI=1S/C26H25N3O5S/c1-15-12-18(16(2)29(15)17-5-6-21-22(13-17)34-10-9-33-21)20(30)14-28-24(31)26(27-25(28)32)8-3-4-23-19(26)7-11-35-23/h5-7,11-13H,3-4,8-10,14H2,1-2H3,(H,27,32). The highest BCUT2D eigenvalue weighted by Crippen LogP contribution is 2.42. The second kappa shape index (κ2) is 7.98. The third-order valence-corrected chi connectivity index (χ3v) is 8.13. The predicted octanol–water partition coefficient (Wildman–Crippen LogP) is 3.89. The van der Waals surface area contributed by atoms with E-state index in [1.165, 1.54) is 0 Å². The first kappa shape index (κ1) is 21.9. The molecule has 2 aliphatic heterocycles. The topological polar surface area (TPSA) is 89.9 Å². The molecular weight excluding hydrogens is 466 g/mol. The third-order valence-electron chi connectivity index (χ3n) is 7.15. The SMILES string of the molecule is Cc1cc(C(=O)CN2C(=O)NC3(CCCc4sccc43)C2=O)c(C)n1-c1ccc2c(c1)OCCO2. The van der Waals surface area contributed by atoms with Crippen molar-refractivity contribution in [1.29, 1.82) is 0 Å². The Morgan fingerprint density at radius 2 is 1.91 bits per heavy atom. The number of ketones is 1. The highest BCUT2D eigenvalue weighted by atomic mass is 32.1. The number of fused-ring (bicyclic) bond motifs is 3. The van der Waals surface area contributed by atoms with Crippen LogP contribution in [0.2, 0.25) is 0 Å². The van der Waals surface area contributed by atoms with E-state index >= 15 is 0 Å². The Bertz CT molecular complexity index is 1390. The Hall–Kier alpha value is -3.59. The number of rotatable bonds is 4. The number of carbonyl (C=O) groups excluding carboxylic acids is 3. The van der Waals surface area contributed by atoms with Crippen molar-refractivity contribution in [3.05, 3.63) is 63.1 Å². The number of aromatic nitrogens is 1. The molecular formula is C26H25N3O5S. The molecule has 0 saturated carbocycles. The molecule has 1 unspecified atom stereocenters. The van der Waals surface area contributed by atoms with Gasteiger partial charge in [-0.2, -0.15) is 0 Å². The predicted molar refractivity (Wildman–Crippen MR) is 130 cm³/mol. The van der Waals surface area contributed by atoms with E-state index in [0.717, 1.165) is 45.3 Å². The van der Waals surface area contributed by atoms with Gasteiger partial charge in [0.2, 0.25) is 0 Å². The first-order valence-electron chi connectivity index (χ1n) is 11.7. The summed E-state index contributed by atoms with van der Waals surface area (Å²) in [6.45, 7) is 4.50. The normalized spacial score (nSPS) is 20.8. The molecule has 35 heavy (non-hydrogen) atoms. The fraction of sp³-hybridized carbons (Fsp3) is 0.346. The van der Waals surface area contributed by atoms with Gasteiger partial charge in [-0.3, -0.25) is 14.5 Å². The van der Waals surface area contributed by atoms with Gasteiger partial charge < -0.3 is 19.4 Å². The van der Waals surface area contributed by atoms with Crippen molar-refractivity contribution >= 4 is 29.1 Å². The average molecular weight is 492 g/mol. The van der Waals surface area contributed by atoms with Crippen molar-refractivity contribution in [2.24, 2.45) is 0 Å². The lowest BCUT2D eigenvalue weighted by Crippen LogP contribution is -2.46. The Morgan fingerprint density at radius 3 is 2.74 bits per heavy atom. The van der Waals surface area contributed by atoms with E-state index < -0.39 is 11.6 Å². The number of urea groups is 1. The van der Waals surface area contributed by atoms with Gasteiger partial charge in [0.1, 0.15) is 18.8 Å². The Morgan fingerprint density at radius 1 is 1.11 bits per heavy atom. The summed E-state index contributed by atoms with van der Waals surface area (Å²) in [5.74, 6) is 0.751. The summed E-state index contributed by atoms with van der Waals surface area (Å²) in [4.78, 5) is 42.0. The van der Waals surface area contributed by atoms with E-state index in [9.17, 15) is 14.4 Å². The monoisotopic (exact) mass is 491 g/mol. The molecule has 4 heterocycles. The van der Waals surface area contributed by atoms with E-state index in [0.29, 0.717) is 36.7 Å². The summed E-state index contributed by atoms with van der Waals surface area (Å²) >= 11 is 1.61. The lowest BCUT2D eigenvalue weighted by atomic mass is 9.80. The van der Waals surface area contributed by atoms with Gasteiger partial charge in [0.25, 0.3) is 5.91 Å². The molecule has 8 nitrogen and oxygen atoms in total. The van der Waals surface area contributed by atoms with E-state index in [2.05, 4.69) is 5.32 Å². The molecule has 3 aliphatic rings. The van der Waals surface area contributed by atoms with Gasteiger partial charge >= 0.3 is 6.03 Å². The molecule has 0 bridgehead atoms. The number of Topliss-reactive ketones (excluding diaryl/α,β-unsaturated/α-hetero) is 1. The summed E-state index contributed by atoms with van der Waals surface area (Å²) < 4.78 is 13.3. The molecule has 1 spiro atoms. The van der Waals surface area contributed by atoms with Crippen molar-refractivity contribution < 1.29 is 23.9 Å². The van der Waals surface area contributed by atoms with E-state index in [1.807, 2.05) is 48.1 Å². The molecule has 9 heteroatoms. The zero-order valence-corrected chi connectivity index (χ0v) is 20.4. The summed E-state index contributed by atoms with van der Waals surface area (Å²) in [5, 5.41) is 4.87. The van der Waals surface area contributed by atoms with Crippen LogP contribution >= 0.6 is 11.3 Å². The number of hydrogen-bond donors (Lipinski definition) is 1. The number of nitrogens with zero attached hydrogens (tertiary/aromatic N) is 2. The van der Waals surface area contributed by atoms with Gasteiger partial charge in [-0.15, -0.1) is 11.3 Å². The molecule has 3 aromatic rings. The van der Waals surface area contributed by atoms with Crippen LogP contribution in [-0.2, 0) is 16.8 Å². The first-order valence-corrected chi connectivity index (χ1v) is 12.6.